The number of halogens is 2. The molecule has 186 valence electrons. The fourth-order valence-corrected chi connectivity index (χ4v) is 5.46. The molecule has 0 unspecified atom stereocenters. The number of H-pyrrole nitrogens is 1. The quantitative estimate of drug-likeness (QED) is 0.370. The Morgan fingerprint density at radius 3 is 2.60 bits per heavy atom. The third-order valence-corrected chi connectivity index (χ3v) is 7.42. The van der Waals surface area contributed by atoms with Crippen molar-refractivity contribution in [3.8, 4) is 0 Å². The van der Waals surface area contributed by atoms with Crippen LogP contribution in [0.5, 0.6) is 0 Å². The van der Waals surface area contributed by atoms with Gasteiger partial charge in [-0.2, -0.15) is 10.1 Å². The number of likely N-dealkylation sites (tertiary alicyclic amines) is 1. The van der Waals surface area contributed by atoms with Gasteiger partial charge in [-0.15, -0.1) is 0 Å². The number of aryl methyl sites for hydroxylation is 2. The Hall–Kier alpha value is -2.75. The highest BCUT2D eigenvalue weighted by Crippen LogP contribution is 2.38. The molecule has 3 heterocycles. The van der Waals surface area contributed by atoms with Crippen molar-refractivity contribution in [2.75, 3.05) is 23.7 Å². The molecule has 3 aromatic rings. The topological polar surface area (TPSA) is 102 Å². The van der Waals surface area contributed by atoms with Gasteiger partial charge in [0.25, 0.3) is 0 Å². The van der Waals surface area contributed by atoms with Crippen molar-refractivity contribution < 1.29 is 9.50 Å². The highest BCUT2D eigenvalue weighted by Gasteiger charge is 2.31. The van der Waals surface area contributed by atoms with Crippen LogP contribution >= 0.6 is 11.6 Å². The van der Waals surface area contributed by atoms with Crippen LogP contribution in [0.25, 0.3) is 0 Å². The highest BCUT2D eigenvalue weighted by molar-refractivity contribution is 6.32. The van der Waals surface area contributed by atoms with Gasteiger partial charge < -0.3 is 15.7 Å². The number of aliphatic hydroxyl groups excluding tert-OH is 1. The van der Waals surface area contributed by atoms with Gasteiger partial charge in [0.2, 0.25) is 5.95 Å². The van der Waals surface area contributed by atoms with Crippen LogP contribution in [0.15, 0.2) is 24.4 Å². The first kappa shape index (κ1) is 24.0. The van der Waals surface area contributed by atoms with Crippen LogP contribution in [0.3, 0.4) is 0 Å². The van der Waals surface area contributed by atoms with Crippen LogP contribution in [-0.4, -0.2) is 55.4 Å². The zero-order valence-electron chi connectivity index (χ0n) is 20.0. The Morgan fingerprint density at radius 1 is 1.11 bits per heavy atom. The zero-order chi connectivity index (χ0) is 24.5. The zero-order valence-corrected chi connectivity index (χ0v) is 20.7. The predicted molar refractivity (Wildman–Crippen MR) is 135 cm³/mol. The number of β-amino-alcohol motifs (C(OH)–C–C–N with tert-alkyl or cyclic N) is 1. The number of anilines is 4. The summed E-state index contributed by atoms with van der Waals surface area (Å²) < 4.78 is 15.2. The molecule has 1 saturated heterocycles. The van der Waals surface area contributed by atoms with Crippen molar-refractivity contribution in [2.45, 2.75) is 64.0 Å². The minimum absolute atomic E-state index is 0.185. The molecule has 0 bridgehead atoms. The van der Waals surface area contributed by atoms with Gasteiger partial charge in [0.1, 0.15) is 10.8 Å². The average molecular weight is 500 g/mol. The number of aromatic amines is 1. The number of nitrogens with one attached hydrogen (secondary N) is 3. The smallest absolute Gasteiger partial charge is 0.229 e. The summed E-state index contributed by atoms with van der Waals surface area (Å²) >= 11 is 6.24. The van der Waals surface area contributed by atoms with E-state index < -0.39 is 0 Å². The number of hydrogen-bond donors (Lipinski definition) is 4. The summed E-state index contributed by atoms with van der Waals surface area (Å²) in [6, 6.07) is 5.85. The van der Waals surface area contributed by atoms with E-state index in [0.717, 1.165) is 62.0 Å². The average Bonchev–Trinajstić information content (AvgIpc) is 3.46. The van der Waals surface area contributed by atoms with Gasteiger partial charge in [-0.05, 0) is 75.1 Å². The molecular weight excluding hydrogens is 469 g/mol. The molecular formula is C25H31ClFN7O. The lowest BCUT2D eigenvalue weighted by Gasteiger charge is -2.35. The number of rotatable bonds is 6. The van der Waals surface area contributed by atoms with Gasteiger partial charge >= 0.3 is 0 Å². The van der Waals surface area contributed by atoms with Crippen molar-refractivity contribution in [3.63, 3.8) is 0 Å². The molecule has 2 aromatic heterocycles. The Morgan fingerprint density at radius 2 is 1.91 bits per heavy atom. The van der Waals surface area contributed by atoms with Gasteiger partial charge in [-0.3, -0.25) is 10.00 Å². The first-order valence-corrected chi connectivity index (χ1v) is 12.5. The van der Waals surface area contributed by atoms with Gasteiger partial charge in [0, 0.05) is 30.9 Å². The van der Waals surface area contributed by atoms with Gasteiger partial charge in [-0.25, -0.2) is 9.37 Å². The van der Waals surface area contributed by atoms with Crippen molar-refractivity contribution in [3.05, 3.63) is 52.1 Å². The molecule has 0 amide bonds. The van der Waals surface area contributed by atoms with E-state index in [9.17, 15) is 5.11 Å². The second kappa shape index (κ2) is 10.1. The Kier molecular flexibility index (Phi) is 6.91. The summed E-state index contributed by atoms with van der Waals surface area (Å²) in [6.07, 6.45) is 6.39. The maximum Gasteiger partial charge on any atom is 0.229 e. The largest absolute Gasteiger partial charge is 0.392 e. The first-order valence-electron chi connectivity index (χ1n) is 12.2. The summed E-state index contributed by atoms with van der Waals surface area (Å²) in [5, 5.41) is 23.2. The van der Waals surface area contributed by atoms with Gasteiger partial charge in [0.15, 0.2) is 11.6 Å². The van der Waals surface area contributed by atoms with Gasteiger partial charge in [-0.1, -0.05) is 11.6 Å². The molecule has 8 nitrogen and oxygen atoms in total. The number of aromatic nitrogens is 4. The third kappa shape index (κ3) is 5.42. The normalized spacial score (nSPS) is 22.9. The van der Waals surface area contributed by atoms with Crippen molar-refractivity contribution >= 4 is 34.9 Å². The minimum atomic E-state index is -0.327. The van der Waals surface area contributed by atoms with E-state index in [1.54, 1.807) is 6.07 Å². The standard InChI is InChI=1S/C25H31ClFN7O/c1-14-9-22(29-25-28-12-20(26)24(31-25)30-23-10-15(2)32-33-23)21(27)11-19(14)16-3-5-17(6-4-16)34-8-7-18(35)13-34/h9-12,16-18,35H,3-8,13H2,1-2H3,(H3,28,29,30,31,32,33)/t16-,17+,18-/m0/s1. The number of nitrogens with zero attached hydrogens (tertiary/aromatic N) is 4. The minimum Gasteiger partial charge on any atom is -0.392 e. The molecule has 1 saturated carbocycles. The highest BCUT2D eigenvalue weighted by atomic mass is 35.5. The monoisotopic (exact) mass is 499 g/mol. The fraction of sp³-hybridized carbons (Fsp3) is 0.480. The molecule has 1 aliphatic carbocycles. The van der Waals surface area contributed by atoms with E-state index in [4.69, 9.17) is 11.6 Å². The molecule has 35 heavy (non-hydrogen) atoms. The summed E-state index contributed by atoms with van der Waals surface area (Å²) in [5.41, 5.74) is 3.35. The summed E-state index contributed by atoms with van der Waals surface area (Å²) in [5.74, 6) is 1.22. The van der Waals surface area contributed by atoms with Crippen LogP contribution in [0.2, 0.25) is 5.02 Å². The lowest BCUT2D eigenvalue weighted by atomic mass is 9.79. The van der Waals surface area contributed by atoms with Crippen LogP contribution in [-0.2, 0) is 0 Å². The van der Waals surface area contributed by atoms with Gasteiger partial charge in [0.05, 0.1) is 18.0 Å². The van der Waals surface area contributed by atoms with E-state index in [1.807, 2.05) is 26.0 Å². The fourth-order valence-electron chi connectivity index (χ4n) is 5.32. The lowest BCUT2D eigenvalue weighted by molar-refractivity contribution is 0.138. The molecule has 1 aromatic carbocycles. The molecule has 2 aliphatic rings. The summed E-state index contributed by atoms with van der Waals surface area (Å²) in [7, 11) is 0. The Balaban J connectivity index is 1.27. The second-order valence-electron chi connectivity index (χ2n) is 9.71. The maximum atomic E-state index is 15.2. The Labute approximate surface area is 209 Å². The van der Waals surface area contributed by atoms with Crippen molar-refractivity contribution in [2.24, 2.45) is 0 Å². The Bertz CT molecular complexity index is 1190. The number of aliphatic hydroxyl groups is 1. The summed E-state index contributed by atoms with van der Waals surface area (Å²) in [4.78, 5) is 11.0. The SMILES string of the molecule is Cc1cc(Nc2nc(Nc3cc(C)c([C@H]4CC[C@@H](N5CC[C@H](O)C5)CC4)cc3F)ncc2Cl)n[nH]1. The lowest BCUT2D eigenvalue weighted by Crippen LogP contribution is -2.36. The molecule has 0 spiro atoms. The first-order chi connectivity index (χ1) is 16.9. The van der Waals surface area contributed by atoms with E-state index in [0.29, 0.717) is 34.3 Å². The van der Waals surface area contributed by atoms with Crippen molar-refractivity contribution in [1.29, 1.82) is 0 Å². The van der Waals surface area contributed by atoms with E-state index in [1.165, 1.54) is 6.20 Å². The maximum absolute atomic E-state index is 15.2. The van der Waals surface area contributed by atoms with Crippen LogP contribution in [0.1, 0.15) is 54.8 Å². The molecule has 5 rings (SSSR count). The van der Waals surface area contributed by atoms with E-state index >= 15 is 4.39 Å². The molecule has 10 heteroatoms. The van der Waals surface area contributed by atoms with E-state index in [-0.39, 0.29) is 17.9 Å². The molecule has 2 fully saturated rings. The van der Waals surface area contributed by atoms with Crippen LogP contribution in [0.4, 0.5) is 27.7 Å². The third-order valence-electron chi connectivity index (χ3n) is 7.15. The second-order valence-corrected chi connectivity index (χ2v) is 10.1. The molecule has 1 aliphatic heterocycles. The van der Waals surface area contributed by atoms with Crippen LogP contribution in [0, 0.1) is 19.7 Å². The number of benzene rings is 1. The van der Waals surface area contributed by atoms with Crippen molar-refractivity contribution in [1.82, 2.24) is 25.1 Å². The molecule has 4 N–H and O–H groups in total. The number of hydrogen-bond acceptors (Lipinski definition) is 7. The van der Waals surface area contributed by atoms with Crippen LogP contribution < -0.4 is 10.6 Å². The molecule has 0 radical (unpaired) electrons. The molecule has 1 atom stereocenters. The van der Waals surface area contributed by atoms with E-state index in [2.05, 4.69) is 35.7 Å². The predicted octanol–water partition coefficient (Wildman–Crippen LogP) is 5.19. The summed E-state index contributed by atoms with van der Waals surface area (Å²) in [6.45, 7) is 5.69.